The Labute approximate surface area is 75.4 Å². The van der Waals surface area contributed by atoms with Crippen molar-refractivity contribution in [2.45, 2.75) is 32.6 Å². The number of nitrogens with one attached hydrogen (secondary N) is 1. The second-order valence-electron chi connectivity index (χ2n) is 4.05. The number of rotatable bonds is 4. The molecule has 12 heavy (non-hydrogen) atoms. The van der Waals surface area contributed by atoms with E-state index < -0.39 is 0 Å². The van der Waals surface area contributed by atoms with Crippen molar-refractivity contribution in [3.05, 3.63) is 0 Å². The molecule has 0 aromatic heterocycles. The Bertz CT molecular complexity index is 108. The van der Waals surface area contributed by atoms with Gasteiger partial charge in [-0.2, -0.15) is 0 Å². The van der Waals surface area contributed by atoms with Crippen LogP contribution >= 0.6 is 0 Å². The Morgan fingerprint density at radius 2 is 1.92 bits per heavy atom. The van der Waals surface area contributed by atoms with Crippen LogP contribution in [0.3, 0.4) is 0 Å². The third-order valence-electron chi connectivity index (χ3n) is 2.86. The summed E-state index contributed by atoms with van der Waals surface area (Å²) in [4.78, 5) is 0. The molecule has 0 bridgehead atoms. The molecule has 1 fully saturated rings. The fourth-order valence-corrected chi connectivity index (χ4v) is 1.92. The molecule has 72 valence electrons. The maximum Gasteiger partial charge on any atom is 0.0555 e. The largest absolute Gasteiger partial charge is 0.395 e. The Morgan fingerprint density at radius 3 is 2.50 bits per heavy atom. The lowest BCUT2D eigenvalue weighted by atomic mass is 9.83. The molecular weight excluding hydrogens is 150 g/mol. The van der Waals surface area contributed by atoms with Gasteiger partial charge in [-0.1, -0.05) is 19.8 Å². The summed E-state index contributed by atoms with van der Waals surface area (Å²) in [5.41, 5.74) is 0. The minimum atomic E-state index is 0.267. The van der Waals surface area contributed by atoms with Crippen LogP contribution in [-0.4, -0.2) is 24.8 Å². The van der Waals surface area contributed by atoms with Crippen molar-refractivity contribution in [2.24, 2.45) is 11.8 Å². The van der Waals surface area contributed by atoms with E-state index in [1.165, 1.54) is 25.7 Å². The van der Waals surface area contributed by atoms with E-state index >= 15 is 0 Å². The number of aliphatic hydroxyl groups excluding tert-OH is 1. The molecule has 0 aliphatic heterocycles. The van der Waals surface area contributed by atoms with Crippen molar-refractivity contribution in [3.63, 3.8) is 0 Å². The Hall–Kier alpha value is -0.0800. The molecule has 0 atom stereocenters. The van der Waals surface area contributed by atoms with Gasteiger partial charge in [-0.3, -0.25) is 0 Å². The normalized spacial score (nSPS) is 30.5. The molecule has 1 aliphatic rings. The standard InChI is InChI=1S/C10H21NO/c1-9-2-4-10(5-3-9)8-11-6-7-12/h9-12H,2-8H2,1H3. The molecule has 0 heterocycles. The van der Waals surface area contributed by atoms with Crippen LogP contribution in [0.4, 0.5) is 0 Å². The molecule has 1 aliphatic carbocycles. The molecule has 2 nitrogen and oxygen atoms in total. The van der Waals surface area contributed by atoms with Gasteiger partial charge in [0, 0.05) is 6.54 Å². The van der Waals surface area contributed by atoms with Crippen LogP contribution in [0.25, 0.3) is 0 Å². The summed E-state index contributed by atoms with van der Waals surface area (Å²) in [5.74, 6) is 1.81. The first-order valence-corrected chi connectivity index (χ1v) is 5.14. The molecular formula is C10H21NO. The topological polar surface area (TPSA) is 32.3 Å². The summed E-state index contributed by atoms with van der Waals surface area (Å²) in [6.45, 7) is 4.47. The highest BCUT2D eigenvalue weighted by molar-refractivity contribution is 4.71. The van der Waals surface area contributed by atoms with Crippen LogP contribution in [0.5, 0.6) is 0 Å². The number of aliphatic hydroxyl groups is 1. The van der Waals surface area contributed by atoms with Crippen molar-refractivity contribution in [3.8, 4) is 0 Å². The summed E-state index contributed by atoms with van der Waals surface area (Å²) in [5, 5.41) is 11.8. The average Bonchev–Trinajstić information content (AvgIpc) is 2.09. The van der Waals surface area contributed by atoms with Gasteiger partial charge in [-0.15, -0.1) is 0 Å². The first-order chi connectivity index (χ1) is 5.83. The van der Waals surface area contributed by atoms with Crippen LogP contribution in [0.2, 0.25) is 0 Å². The lowest BCUT2D eigenvalue weighted by molar-refractivity contribution is 0.260. The van der Waals surface area contributed by atoms with Gasteiger partial charge in [0.15, 0.2) is 0 Å². The first kappa shape index (κ1) is 10.0. The fourth-order valence-electron chi connectivity index (χ4n) is 1.92. The molecule has 2 N–H and O–H groups in total. The molecule has 2 heteroatoms. The van der Waals surface area contributed by atoms with E-state index in [2.05, 4.69) is 12.2 Å². The van der Waals surface area contributed by atoms with E-state index in [-0.39, 0.29) is 6.61 Å². The third kappa shape index (κ3) is 3.55. The second kappa shape index (κ2) is 5.55. The molecule has 0 saturated heterocycles. The molecule has 0 amide bonds. The van der Waals surface area contributed by atoms with Crippen LogP contribution in [-0.2, 0) is 0 Å². The third-order valence-corrected chi connectivity index (χ3v) is 2.86. The van der Waals surface area contributed by atoms with Crippen molar-refractivity contribution >= 4 is 0 Å². The summed E-state index contributed by atoms with van der Waals surface area (Å²) in [6, 6.07) is 0. The SMILES string of the molecule is CC1CCC(CNCCO)CC1. The smallest absolute Gasteiger partial charge is 0.0555 e. The molecule has 1 saturated carbocycles. The summed E-state index contributed by atoms with van der Waals surface area (Å²) < 4.78 is 0. The predicted octanol–water partition coefficient (Wildman–Crippen LogP) is 1.39. The van der Waals surface area contributed by atoms with Crippen LogP contribution in [0, 0.1) is 11.8 Å². The lowest BCUT2D eigenvalue weighted by Gasteiger charge is -2.26. The first-order valence-electron chi connectivity index (χ1n) is 5.14. The molecule has 0 spiro atoms. The van der Waals surface area contributed by atoms with Gasteiger partial charge in [0.1, 0.15) is 0 Å². The second-order valence-corrected chi connectivity index (χ2v) is 4.05. The summed E-state index contributed by atoms with van der Waals surface area (Å²) in [6.07, 6.45) is 5.54. The van der Waals surface area contributed by atoms with E-state index in [0.29, 0.717) is 0 Å². The predicted molar refractivity (Wildman–Crippen MR) is 51.1 cm³/mol. The van der Waals surface area contributed by atoms with E-state index in [9.17, 15) is 0 Å². The van der Waals surface area contributed by atoms with Crippen molar-refractivity contribution in [2.75, 3.05) is 19.7 Å². The molecule has 0 aromatic rings. The highest BCUT2D eigenvalue weighted by Crippen LogP contribution is 2.27. The molecule has 0 aromatic carbocycles. The molecule has 0 unspecified atom stereocenters. The Morgan fingerprint density at radius 1 is 1.25 bits per heavy atom. The fraction of sp³-hybridized carbons (Fsp3) is 1.00. The van der Waals surface area contributed by atoms with Gasteiger partial charge in [-0.05, 0) is 31.2 Å². The van der Waals surface area contributed by atoms with Crippen LogP contribution < -0.4 is 5.32 Å². The summed E-state index contributed by atoms with van der Waals surface area (Å²) in [7, 11) is 0. The van der Waals surface area contributed by atoms with Gasteiger partial charge in [0.2, 0.25) is 0 Å². The minimum Gasteiger partial charge on any atom is -0.395 e. The highest BCUT2D eigenvalue weighted by atomic mass is 16.3. The maximum atomic E-state index is 8.58. The maximum absolute atomic E-state index is 8.58. The highest BCUT2D eigenvalue weighted by Gasteiger charge is 2.17. The Kier molecular flexibility index (Phi) is 4.62. The van der Waals surface area contributed by atoms with Gasteiger partial charge in [0.05, 0.1) is 6.61 Å². The monoisotopic (exact) mass is 171 g/mol. The van der Waals surface area contributed by atoms with Crippen molar-refractivity contribution in [1.29, 1.82) is 0 Å². The van der Waals surface area contributed by atoms with Gasteiger partial charge in [-0.25, -0.2) is 0 Å². The van der Waals surface area contributed by atoms with Gasteiger partial charge < -0.3 is 10.4 Å². The van der Waals surface area contributed by atoms with Crippen LogP contribution in [0.15, 0.2) is 0 Å². The molecule has 1 rings (SSSR count). The zero-order chi connectivity index (χ0) is 8.81. The number of hydrogen-bond donors (Lipinski definition) is 2. The Balaban J connectivity index is 2.01. The average molecular weight is 171 g/mol. The van der Waals surface area contributed by atoms with E-state index in [1.807, 2.05) is 0 Å². The van der Waals surface area contributed by atoms with E-state index in [4.69, 9.17) is 5.11 Å². The molecule has 0 radical (unpaired) electrons. The lowest BCUT2D eigenvalue weighted by Crippen LogP contribution is -2.27. The zero-order valence-corrected chi connectivity index (χ0v) is 8.05. The van der Waals surface area contributed by atoms with E-state index in [1.54, 1.807) is 0 Å². The number of hydrogen-bond acceptors (Lipinski definition) is 2. The minimum absolute atomic E-state index is 0.267. The van der Waals surface area contributed by atoms with Crippen molar-refractivity contribution < 1.29 is 5.11 Å². The van der Waals surface area contributed by atoms with Gasteiger partial charge in [0.25, 0.3) is 0 Å². The van der Waals surface area contributed by atoms with Gasteiger partial charge >= 0.3 is 0 Å². The quantitative estimate of drug-likeness (QED) is 0.627. The summed E-state index contributed by atoms with van der Waals surface area (Å²) >= 11 is 0. The zero-order valence-electron chi connectivity index (χ0n) is 8.05. The van der Waals surface area contributed by atoms with E-state index in [0.717, 1.165) is 24.9 Å². The van der Waals surface area contributed by atoms with Crippen LogP contribution in [0.1, 0.15) is 32.6 Å². The van der Waals surface area contributed by atoms with Crippen molar-refractivity contribution in [1.82, 2.24) is 5.32 Å².